The number of aryl methyl sites for hydroxylation is 1. The summed E-state index contributed by atoms with van der Waals surface area (Å²) in [5, 5.41) is 0. The lowest BCUT2D eigenvalue weighted by Gasteiger charge is -2.11. The molecular formula is C13H18N2O2. The maximum absolute atomic E-state index is 5.66. The Labute approximate surface area is 101 Å². The average Bonchev–Trinajstić information content (AvgIpc) is 2.69. The minimum atomic E-state index is -0.0193. The molecule has 0 radical (unpaired) electrons. The van der Waals surface area contributed by atoms with Crippen LogP contribution in [0.3, 0.4) is 0 Å². The SMILES string of the molecule is CCOC(CN)Cc1nc2cc(C)ccc2o1. The molecule has 0 saturated carbocycles. The third-order valence-electron chi connectivity index (χ3n) is 2.65. The standard InChI is InChI=1S/C13H18N2O2/c1-3-16-10(8-14)7-13-15-11-6-9(2)4-5-12(11)17-13/h4-6,10H,3,7-8,14H2,1-2H3. The molecule has 1 aromatic carbocycles. The minimum Gasteiger partial charge on any atom is -0.441 e. The highest BCUT2D eigenvalue weighted by Gasteiger charge is 2.12. The molecule has 0 fully saturated rings. The first-order valence-corrected chi connectivity index (χ1v) is 5.90. The van der Waals surface area contributed by atoms with Crippen LogP contribution in [0.2, 0.25) is 0 Å². The van der Waals surface area contributed by atoms with Crippen molar-refractivity contribution < 1.29 is 9.15 Å². The van der Waals surface area contributed by atoms with E-state index >= 15 is 0 Å². The number of fused-ring (bicyclic) bond motifs is 1. The summed E-state index contributed by atoms with van der Waals surface area (Å²) in [6.07, 6.45) is 0.604. The molecule has 0 aliphatic rings. The highest BCUT2D eigenvalue weighted by molar-refractivity contribution is 5.73. The molecule has 2 aromatic rings. The van der Waals surface area contributed by atoms with Gasteiger partial charge in [0.25, 0.3) is 0 Å². The molecule has 1 heterocycles. The van der Waals surface area contributed by atoms with Crippen molar-refractivity contribution in [3.05, 3.63) is 29.7 Å². The number of benzene rings is 1. The van der Waals surface area contributed by atoms with Gasteiger partial charge in [0.1, 0.15) is 5.52 Å². The fourth-order valence-corrected chi connectivity index (χ4v) is 1.81. The van der Waals surface area contributed by atoms with Crippen molar-refractivity contribution in [3.63, 3.8) is 0 Å². The van der Waals surface area contributed by atoms with Gasteiger partial charge in [0, 0.05) is 13.2 Å². The van der Waals surface area contributed by atoms with E-state index in [1.54, 1.807) is 0 Å². The molecule has 0 aliphatic heterocycles. The van der Waals surface area contributed by atoms with Gasteiger partial charge in [-0.1, -0.05) is 6.07 Å². The van der Waals surface area contributed by atoms with E-state index in [2.05, 4.69) is 4.98 Å². The molecule has 1 aromatic heterocycles. The highest BCUT2D eigenvalue weighted by atomic mass is 16.5. The second kappa shape index (κ2) is 5.29. The van der Waals surface area contributed by atoms with Gasteiger partial charge in [0.15, 0.2) is 11.5 Å². The fourth-order valence-electron chi connectivity index (χ4n) is 1.81. The quantitative estimate of drug-likeness (QED) is 0.860. The van der Waals surface area contributed by atoms with Crippen molar-refractivity contribution in [1.29, 1.82) is 0 Å². The first-order chi connectivity index (χ1) is 8.22. The van der Waals surface area contributed by atoms with Crippen molar-refractivity contribution in [2.45, 2.75) is 26.4 Å². The molecule has 17 heavy (non-hydrogen) atoms. The van der Waals surface area contributed by atoms with Gasteiger partial charge in [-0.3, -0.25) is 0 Å². The predicted molar refractivity (Wildman–Crippen MR) is 66.9 cm³/mol. The van der Waals surface area contributed by atoms with Crippen molar-refractivity contribution in [2.24, 2.45) is 5.73 Å². The highest BCUT2D eigenvalue weighted by Crippen LogP contribution is 2.18. The van der Waals surface area contributed by atoms with E-state index in [0.717, 1.165) is 11.1 Å². The molecule has 4 heteroatoms. The van der Waals surface area contributed by atoms with E-state index in [9.17, 15) is 0 Å². The van der Waals surface area contributed by atoms with Gasteiger partial charge in [0.2, 0.25) is 0 Å². The third kappa shape index (κ3) is 2.84. The van der Waals surface area contributed by atoms with Crippen molar-refractivity contribution in [3.8, 4) is 0 Å². The first-order valence-electron chi connectivity index (χ1n) is 5.90. The molecule has 2 N–H and O–H groups in total. The van der Waals surface area contributed by atoms with Crippen LogP contribution in [0.1, 0.15) is 18.4 Å². The number of rotatable bonds is 5. The Kier molecular flexibility index (Phi) is 3.76. The van der Waals surface area contributed by atoms with E-state index in [0.29, 0.717) is 25.5 Å². The smallest absolute Gasteiger partial charge is 0.198 e. The number of oxazole rings is 1. The molecule has 4 nitrogen and oxygen atoms in total. The molecule has 2 rings (SSSR count). The molecule has 92 valence electrons. The zero-order chi connectivity index (χ0) is 12.3. The summed E-state index contributed by atoms with van der Waals surface area (Å²) in [6, 6.07) is 5.97. The van der Waals surface area contributed by atoms with Gasteiger partial charge in [-0.25, -0.2) is 4.98 Å². The monoisotopic (exact) mass is 234 g/mol. The molecule has 0 bridgehead atoms. The Hall–Kier alpha value is -1.39. The van der Waals surface area contributed by atoms with Crippen LogP contribution in [-0.2, 0) is 11.2 Å². The zero-order valence-electron chi connectivity index (χ0n) is 10.3. The average molecular weight is 234 g/mol. The van der Waals surface area contributed by atoms with Crippen molar-refractivity contribution >= 4 is 11.1 Å². The van der Waals surface area contributed by atoms with Crippen LogP contribution in [0.15, 0.2) is 22.6 Å². The molecule has 1 unspecified atom stereocenters. The van der Waals surface area contributed by atoms with Gasteiger partial charge in [0.05, 0.1) is 12.5 Å². The Morgan fingerprint density at radius 2 is 2.29 bits per heavy atom. The Bertz CT molecular complexity index is 493. The second-order valence-electron chi connectivity index (χ2n) is 4.10. The lowest BCUT2D eigenvalue weighted by atomic mass is 10.2. The lowest BCUT2D eigenvalue weighted by Crippen LogP contribution is -2.26. The lowest BCUT2D eigenvalue weighted by molar-refractivity contribution is 0.0651. The van der Waals surface area contributed by atoms with E-state index < -0.39 is 0 Å². The van der Waals surface area contributed by atoms with Gasteiger partial charge in [-0.15, -0.1) is 0 Å². The zero-order valence-corrected chi connectivity index (χ0v) is 10.3. The summed E-state index contributed by atoms with van der Waals surface area (Å²) in [5.74, 6) is 0.689. The summed E-state index contributed by atoms with van der Waals surface area (Å²) < 4.78 is 11.1. The maximum Gasteiger partial charge on any atom is 0.198 e. The minimum absolute atomic E-state index is 0.0193. The normalized spacial score (nSPS) is 13.1. The van der Waals surface area contributed by atoms with E-state index in [-0.39, 0.29) is 6.10 Å². The number of hydrogen-bond donors (Lipinski definition) is 1. The number of aromatic nitrogens is 1. The molecule has 0 aliphatic carbocycles. The number of ether oxygens (including phenoxy) is 1. The molecule has 0 spiro atoms. The summed E-state index contributed by atoms with van der Waals surface area (Å²) in [5.41, 5.74) is 8.52. The summed E-state index contributed by atoms with van der Waals surface area (Å²) in [4.78, 5) is 4.44. The largest absolute Gasteiger partial charge is 0.441 e. The van der Waals surface area contributed by atoms with Crippen LogP contribution >= 0.6 is 0 Å². The molecule has 0 amide bonds. The van der Waals surface area contributed by atoms with E-state index in [4.69, 9.17) is 14.9 Å². The summed E-state index contributed by atoms with van der Waals surface area (Å²) in [7, 11) is 0. The van der Waals surface area contributed by atoms with Crippen molar-refractivity contribution in [2.75, 3.05) is 13.2 Å². The van der Waals surface area contributed by atoms with Crippen LogP contribution in [0.25, 0.3) is 11.1 Å². The van der Waals surface area contributed by atoms with E-state index in [1.807, 2.05) is 32.0 Å². The van der Waals surface area contributed by atoms with Gasteiger partial charge in [-0.05, 0) is 31.5 Å². The summed E-state index contributed by atoms with van der Waals surface area (Å²) >= 11 is 0. The second-order valence-corrected chi connectivity index (χ2v) is 4.10. The Morgan fingerprint density at radius 1 is 1.47 bits per heavy atom. The maximum atomic E-state index is 5.66. The van der Waals surface area contributed by atoms with Crippen LogP contribution in [0.4, 0.5) is 0 Å². The summed E-state index contributed by atoms with van der Waals surface area (Å²) in [6.45, 7) is 5.13. The van der Waals surface area contributed by atoms with Gasteiger partial charge >= 0.3 is 0 Å². The molecule has 1 atom stereocenters. The third-order valence-corrected chi connectivity index (χ3v) is 2.65. The van der Waals surface area contributed by atoms with Crippen LogP contribution in [0, 0.1) is 6.92 Å². The van der Waals surface area contributed by atoms with Gasteiger partial charge in [-0.2, -0.15) is 0 Å². The molecular weight excluding hydrogens is 216 g/mol. The topological polar surface area (TPSA) is 61.3 Å². The van der Waals surface area contributed by atoms with Gasteiger partial charge < -0.3 is 14.9 Å². The Morgan fingerprint density at radius 3 is 3.00 bits per heavy atom. The van der Waals surface area contributed by atoms with Crippen LogP contribution in [0.5, 0.6) is 0 Å². The number of hydrogen-bond acceptors (Lipinski definition) is 4. The molecule has 0 saturated heterocycles. The Balaban J connectivity index is 2.18. The number of nitrogens with zero attached hydrogens (tertiary/aromatic N) is 1. The number of nitrogens with two attached hydrogens (primary N) is 1. The van der Waals surface area contributed by atoms with E-state index in [1.165, 1.54) is 5.56 Å². The predicted octanol–water partition coefficient (Wildman–Crippen LogP) is 2.04. The van der Waals surface area contributed by atoms with Crippen molar-refractivity contribution in [1.82, 2.24) is 4.98 Å². The van der Waals surface area contributed by atoms with Crippen LogP contribution < -0.4 is 5.73 Å². The van der Waals surface area contributed by atoms with Crippen LogP contribution in [-0.4, -0.2) is 24.2 Å². The first kappa shape index (κ1) is 12.1. The fraction of sp³-hybridized carbons (Fsp3) is 0.462.